The van der Waals surface area contributed by atoms with Crippen LogP contribution in [0.15, 0.2) is 36.7 Å². The molecule has 0 amide bonds. The van der Waals surface area contributed by atoms with E-state index in [0.29, 0.717) is 6.54 Å². The molecule has 128 valence electrons. The first-order valence-corrected chi connectivity index (χ1v) is 8.57. The first-order valence-electron chi connectivity index (χ1n) is 8.57. The van der Waals surface area contributed by atoms with Gasteiger partial charge in [0.25, 0.3) is 0 Å². The van der Waals surface area contributed by atoms with Gasteiger partial charge in [-0.15, -0.1) is 0 Å². The van der Waals surface area contributed by atoms with Gasteiger partial charge in [0.2, 0.25) is 0 Å². The molecule has 0 unspecified atom stereocenters. The number of aliphatic hydroxyl groups is 1. The molecular weight excluding hydrogens is 304 g/mol. The summed E-state index contributed by atoms with van der Waals surface area (Å²) in [4.78, 5) is 4.73. The number of hydrogen-bond acceptors (Lipinski definition) is 5. The zero-order chi connectivity index (χ0) is 16.5. The van der Waals surface area contributed by atoms with Crippen molar-refractivity contribution in [2.45, 2.75) is 18.6 Å². The molecule has 4 rings (SSSR count). The summed E-state index contributed by atoms with van der Waals surface area (Å²) in [5, 5.41) is 14.4. The Labute approximate surface area is 142 Å². The largest absolute Gasteiger partial charge is 0.483 e. The number of ether oxygens (including phenoxy) is 1. The summed E-state index contributed by atoms with van der Waals surface area (Å²) in [5.74, 6) is 0.719. The number of benzene rings is 1. The van der Waals surface area contributed by atoms with Gasteiger partial charge in [-0.1, -0.05) is 18.2 Å². The van der Waals surface area contributed by atoms with Gasteiger partial charge in [0.05, 0.1) is 12.4 Å². The van der Waals surface area contributed by atoms with Crippen LogP contribution < -0.4 is 9.64 Å². The minimum atomic E-state index is -0.448. The Kier molecular flexibility index (Phi) is 4.16. The van der Waals surface area contributed by atoms with Crippen LogP contribution in [0.4, 0.5) is 5.69 Å². The second-order valence-corrected chi connectivity index (χ2v) is 6.70. The third-order valence-corrected chi connectivity index (χ3v) is 4.95. The maximum atomic E-state index is 10.3. The van der Waals surface area contributed by atoms with Crippen molar-refractivity contribution in [2.75, 3.05) is 37.6 Å². The van der Waals surface area contributed by atoms with Crippen molar-refractivity contribution >= 4 is 5.69 Å². The minimum absolute atomic E-state index is 0.180. The molecule has 3 heterocycles. The maximum absolute atomic E-state index is 10.3. The molecule has 1 saturated heterocycles. The molecule has 0 aliphatic carbocycles. The molecule has 1 fully saturated rings. The van der Waals surface area contributed by atoms with Gasteiger partial charge in [0.15, 0.2) is 5.75 Å². The highest BCUT2D eigenvalue weighted by atomic mass is 16.5. The summed E-state index contributed by atoms with van der Waals surface area (Å²) in [7, 11) is 1.86. The summed E-state index contributed by atoms with van der Waals surface area (Å²) >= 11 is 0. The molecule has 0 saturated carbocycles. The lowest BCUT2D eigenvalue weighted by Crippen LogP contribution is -2.34. The molecule has 6 heteroatoms. The number of nitrogens with zero attached hydrogens (tertiary/aromatic N) is 4. The molecule has 2 aliphatic heterocycles. The van der Waals surface area contributed by atoms with Crippen LogP contribution in [0.1, 0.15) is 5.56 Å². The van der Waals surface area contributed by atoms with Gasteiger partial charge in [-0.2, -0.15) is 5.10 Å². The molecule has 1 N–H and O–H groups in total. The zero-order valence-corrected chi connectivity index (χ0v) is 14.0. The summed E-state index contributed by atoms with van der Waals surface area (Å²) < 4.78 is 7.59. The fraction of sp³-hybridized carbons (Fsp3) is 0.500. The Morgan fingerprint density at radius 1 is 1.25 bits per heavy atom. The van der Waals surface area contributed by atoms with Crippen molar-refractivity contribution in [2.24, 2.45) is 7.05 Å². The molecule has 2 aliphatic rings. The monoisotopic (exact) mass is 328 g/mol. The van der Waals surface area contributed by atoms with Crippen LogP contribution in [0, 0.1) is 0 Å². The summed E-state index contributed by atoms with van der Waals surface area (Å²) in [6.07, 6.45) is 4.02. The highest BCUT2D eigenvalue weighted by molar-refractivity contribution is 5.57. The van der Waals surface area contributed by atoms with Gasteiger partial charge in [0, 0.05) is 45.5 Å². The standard InChI is InChI=1S/C18H24N4O2/c1-20-11-15(10-19-20)24-18-13-21(12-17(18)23)8-9-22-7-6-14-4-2-3-5-16(14)22/h2-5,10-11,17-18,23H,6-9,12-13H2,1H3/t17-,18-/m1/s1. The Morgan fingerprint density at radius 2 is 2.12 bits per heavy atom. The van der Waals surface area contributed by atoms with Crippen LogP contribution in [-0.2, 0) is 13.5 Å². The number of β-amino-alcohol motifs (C(OH)–C–C–N with tert-alkyl or cyclic N) is 1. The zero-order valence-electron chi connectivity index (χ0n) is 14.0. The lowest BCUT2D eigenvalue weighted by molar-refractivity contribution is 0.0736. The molecule has 6 nitrogen and oxygen atoms in total. The molecule has 0 bridgehead atoms. The fourth-order valence-electron chi connectivity index (χ4n) is 3.67. The van der Waals surface area contributed by atoms with Gasteiger partial charge >= 0.3 is 0 Å². The number of aromatic nitrogens is 2. The number of rotatable bonds is 5. The van der Waals surface area contributed by atoms with E-state index in [4.69, 9.17) is 4.74 Å². The van der Waals surface area contributed by atoms with Gasteiger partial charge in [-0.25, -0.2) is 0 Å². The van der Waals surface area contributed by atoms with E-state index in [2.05, 4.69) is 39.2 Å². The summed E-state index contributed by atoms with van der Waals surface area (Å²) in [5.41, 5.74) is 2.80. The number of anilines is 1. The van der Waals surface area contributed by atoms with Crippen molar-refractivity contribution in [1.82, 2.24) is 14.7 Å². The first kappa shape index (κ1) is 15.5. The first-order chi connectivity index (χ1) is 11.7. The number of aryl methyl sites for hydroxylation is 1. The minimum Gasteiger partial charge on any atom is -0.483 e. The Hall–Kier alpha value is -2.05. The lowest BCUT2D eigenvalue weighted by Gasteiger charge is -2.23. The maximum Gasteiger partial charge on any atom is 0.157 e. The van der Waals surface area contributed by atoms with Crippen LogP contribution in [0.5, 0.6) is 5.75 Å². The third kappa shape index (κ3) is 3.12. The van der Waals surface area contributed by atoms with Crippen LogP contribution in [0.3, 0.4) is 0 Å². The van der Waals surface area contributed by atoms with Gasteiger partial charge < -0.3 is 14.7 Å². The molecule has 1 aromatic carbocycles. The fourth-order valence-corrected chi connectivity index (χ4v) is 3.67. The van der Waals surface area contributed by atoms with Crippen molar-refractivity contribution in [3.8, 4) is 5.75 Å². The molecule has 24 heavy (non-hydrogen) atoms. The van der Waals surface area contributed by atoms with E-state index >= 15 is 0 Å². The van der Waals surface area contributed by atoms with Crippen molar-refractivity contribution in [3.63, 3.8) is 0 Å². The van der Waals surface area contributed by atoms with Crippen molar-refractivity contribution < 1.29 is 9.84 Å². The Balaban J connectivity index is 1.31. The third-order valence-electron chi connectivity index (χ3n) is 4.95. The van der Waals surface area contributed by atoms with E-state index in [-0.39, 0.29) is 6.10 Å². The van der Waals surface area contributed by atoms with E-state index in [1.165, 1.54) is 11.3 Å². The smallest absolute Gasteiger partial charge is 0.157 e. The molecule has 2 aromatic rings. The quantitative estimate of drug-likeness (QED) is 0.884. The second kappa shape index (κ2) is 6.45. The number of fused-ring (bicyclic) bond motifs is 1. The number of aliphatic hydroxyl groups excluding tert-OH is 1. The predicted molar refractivity (Wildman–Crippen MR) is 92.4 cm³/mol. The second-order valence-electron chi connectivity index (χ2n) is 6.70. The number of hydrogen-bond donors (Lipinski definition) is 1. The van der Waals surface area contributed by atoms with E-state index < -0.39 is 6.10 Å². The molecular formula is C18H24N4O2. The molecule has 1 aromatic heterocycles. The number of para-hydroxylation sites is 1. The van der Waals surface area contributed by atoms with Crippen LogP contribution in [0.2, 0.25) is 0 Å². The average molecular weight is 328 g/mol. The number of likely N-dealkylation sites (tertiary alicyclic amines) is 1. The predicted octanol–water partition coefficient (Wildman–Crippen LogP) is 0.907. The van der Waals surface area contributed by atoms with Gasteiger partial charge in [0.1, 0.15) is 12.2 Å². The van der Waals surface area contributed by atoms with Gasteiger partial charge in [-0.3, -0.25) is 9.58 Å². The molecule has 0 spiro atoms. The lowest BCUT2D eigenvalue weighted by atomic mass is 10.2. The Morgan fingerprint density at radius 3 is 2.96 bits per heavy atom. The summed E-state index contributed by atoms with van der Waals surface area (Å²) in [6.45, 7) is 4.44. The van der Waals surface area contributed by atoms with E-state index in [1.54, 1.807) is 10.9 Å². The highest BCUT2D eigenvalue weighted by Crippen LogP contribution is 2.27. The highest BCUT2D eigenvalue weighted by Gasteiger charge is 2.33. The van der Waals surface area contributed by atoms with Crippen LogP contribution >= 0.6 is 0 Å². The molecule has 0 radical (unpaired) electrons. The average Bonchev–Trinajstić information content (AvgIpc) is 3.26. The van der Waals surface area contributed by atoms with E-state index in [9.17, 15) is 5.11 Å². The van der Waals surface area contributed by atoms with Gasteiger partial charge in [-0.05, 0) is 18.1 Å². The van der Waals surface area contributed by atoms with E-state index in [0.717, 1.165) is 38.3 Å². The Bertz CT molecular complexity index is 702. The van der Waals surface area contributed by atoms with Crippen LogP contribution in [-0.4, -0.2) is 64.7 Å². The molecule has 2 atom stereocenters. The van der Waals surface area contributed by atoms with Crippen molar-refractivity contribution in [1.29, 1.82) is 0 Å². The topological polar surface area (TPSA) is 53.8 Å². The SMILES string of the molecule is Cn1cc(O[C@@H]2CN(CCN3CCc4ccccc43)C[C@H]2O)cn1. The normalized spacial score (nSPS) is 23.7. The van der Waals surface area contributed by atoms with Crippen molar-refractivity contribution in [3.05, 3.63) is 42.2 Å². The van der Waals surface area contributed by atoms with Crippen LogP contribution in [0.25, 0.3) is 0 Å². The summed E-state index contributed by atoms with van der Waals surface area (Å²) in [6, 6.07) is 8.64. The van der Waals surface area contributed by atoms with E-state index in [1.807, 2.05) is 13.2 Å².